The number of benzene rings is 1. The maximum atomic E-state index is 12.7. The molecule has 0 spiro atoms. The van der Waals surface area contributed by atoms with Crippen molar-refractivity contribution in [3.8, 4) is 11.6 Å². The molecule has 2 aromatic rings. The van der Waals surface area contributed by atoms with Crippen molar-refractivity contribution in [2.45, 2.75) is 45.6 Å². The summed E-state index contributed by atoms with van der Waals surface area (Å²) in [5.41, 5.74) is 0.951. The second-order valence-corrected chi connectivity index (χ2v) is 8.43. The molecule has 0 fully saturated rings. The Balaban J connectivity index is 1.94. The van der Waals surface area contributed by atoms with Gasteiger partial charge in [-0.25, -0.2) is 9.78 Å². The van der Waals surface area contributed by atoms with Crippen molar-refractivity contribution in [1.29, 1.82) is 0 Å². The molecule has 5 nitrogen and oxygen atoms in total. The summed E-state index contributed by atoms with van der Waals surface area (Å²) in [6.45, 7) is 10.2. The predicted octanol–water partition coefficient (Wildman–Crippen LogP) is 5.56. The van der Waals surface area contributed by atoms with Crippen LogP contribution in [0.4, 0.5) is 10.5 Å². The molecule has 1 aliphatic heterocycles. The molecule has 0 aliphatic carbocycles. The van der Waals surface area contributed by atoms with Crippen molar-refractivity contribution in [2.75, 3.05) is 11.4 Å². The zero-order valence-electron chi connectivity index (χ0n) is 15.7. The van der Waals surface area contributed by atoms with Crippen molar-refractivity contribution in [2.24, 2.45) is 0 Å². The van der Waals surface area contributed by atoms with Gasteiger partial charge in [0, 0.05) is 29.8 Å². The summed E-state index contributed by atoms with van der Waals surface area (Å²) in [5.74, 6) is 0.894. The summed E-state index contributed by atoms with van der Waals surface area (Å²) in [6, 6.07) is 8.95. The van der Waals surface area contributed by atoms with E-state index in [1.165, 1.54) is 0 Å². The molecule has 1 aliphatic rings. The summed E-state index contributed by atoms with van der Waals surface area (Å²) in [5, 5.41) is 0.499. The zero-order valence-corrected chi connectivity index (χ0v) is 16.4. The Morgan fingerprint density at radius 3 is 2.62 bits per heavy atom. The lowest BCUT2D eigenvalue weighted by Gasteiger charge is -2.26. The number of aromatic nitrogens is 1. The Bertz CT molecular complexity index is 843. The third kappa shape index (κ3) is 3.78. The molecule has 1 aromatic heterocycles. The van der Waals surface area contributed by atoms with Crippen LogP contribution >= 0.6 is 11.6 Å². The van der Waals surface area contributed by atoms with Crippen molar-refractivity contribution >= 4 is 23.4 Å². The fourth-order valence-corrected chi connectivity index (χ4v) is 3.09. The van der Waals surface area contributed by atoms with Gasteiger partial charge in [0.2, 0.25) is 5.88 Å². The fraction of sp³-hybridized carbons (Fsp3) is 0.400. The molecule has 0 radical (unpaired) electrons. The van der Waals surface area contributed by atoms with E-state index in [0.717, 1.165) is 11.3 Å². The molecule has 138 valence electrons. The highest BCUT2D eigenvalue weighted by molar-refractivity contribution is 6.32. The first-order chi connectivity index (χ1) is 12.1. The first-order valence-electron chi connectivity index (χ1n) is 8.50. The number of rotatable bonds is 2. The van der Waals surface area contributed by atoms with Gasteiger partial charge >= 0.3 is 6.09 Å². The van der Waals surface area contributed by atoms with Crippen LogP contribution in [0, 0.1) is 0 Å². The first kappa shape index (κ1) is 18.5. The number of pyridine rings is 1. The Labute approximate surface area is 158 Å². The van der Waals surface area contributed by atoms with E-state index in [-0.39, 0.29) is 11.5 Å². The number of amides is 1. The van der Waals surface area contributed by atoms with Crippen LogP contribution in [0.25, 0.3) is 0 Å². The number of halogens is 1. The molecule has 1 aromatic carbocycles. The average molecular weight is 375 g/mol. The highest BCUT2D eigenvalue weighted by atomic mass is 35.5. The highest BCUT2D eigenvalue weighted by Gasteiger charge is 2.40. The quantitative estimate of drug-likeness (QED) is 0.690. The van der Waals surface area contributed by atoms with Crippen LogP contribution in [-0.2, 0) is 10.2 Å². The van der Waals surface area contributed by atoms with Crippen molar-refractivity contribution in [3.63, 3.8) is 0 Å². The van der Waals surface area contributed by atoms with E-state index < -0.39 is 5.60 Å². The Hall–Kier alpha value is -2.27. The second kappa shape index (κ2) is 6.47. The second-order valence-electron chi connectivity index (χ2n) is 8.02. The lowest BCUT2D eigenvalue weighted by Crippen LogP contribution is -2.38. The summed E-state index contributed by atoms with van der Waals surface area (Å²) >= 11 is 6.15. The number of carbonyl (C=O) groups is 1. The van der Waals surface area contributed by atoms with Gasteiger partial charge < -0.3 is 9.47 Å². The number of ether oxygens (including phenoxy) is 2. The maximum Gasteiger partial charge on any atom is 0.414 e. The molecule has 1 amide bonds. The third-order valence-corrected chi connectivity index (χ3v) is 4.41. The first-order valence-corrected chi connectivity index (χ1v) is 8.88. The van der Waals surface area contributed by atoms with Crippen LogP contribution in [-0.4, -0.2) is 23.2 Å². The summed E-state index contributed by atoms with van der Waals surface area (Å²) in [7, 11) is 0. The van der Waals surface area contributed by atoms with Gasteiger partial charge in [0.1, 0.15) is 11.4 Å². The minimum atomic E-state index is -0.562. The van der Waals surface area contributed by atoms with E-state index in [9.17, 15) is 4.79 Å². The average Bonchev–Trinajstić information content (AvgIpc) is 2.79. The summed E-state index contributed by atoms with van der Waals surface area (Å²) in [4.78, 5) is 18.7. The molecule has 26 heavy (non-hydrogen) atoms. The summed E-state index contributed by atoms with van der Waals surface area (Å²) in [6.07, 6.45) is 1.38. The predicted molar refractivity (Wildman–Crippen MR) is 102 cm³/mol. The van der Waals surface area contributed by atoms with Crippen LogP contribution in [0.5, 0.6) is 11.6 Å². The van der Waals surface area contributed by atoms with Gasteiger partial charge in [-0.2, -0.15) is 0 Å². The topological polar surface area (TPSA) is 51.7 Å². The van der Waals surface area contributed by atoms with Crippen molar-refractivity contribution in [3.05, 3.63) is 47.1 Å². The standard InChI is InChI=1S/C20H23ClN2O3/c1-19(2,3)26-18(24)23-12-20(4,5)13-11-22-17(10-15(13)23)25-16-9-7-6-8-14(16)21/h6-11H,12H2,1-5H3. The maximum absolute atomic E-state index is 12.7. The minimum Gasteiger partial charge on any atom is -0.443 e. The normalized spacial score (nSPS) is 15.5. The van der Waals surface area contributed by atoms with Gasteiger partial charge in [0.05, 0.1) is 10.7 Å². The van der Waals surface area contributed by atoms with Crippen LogP contribution in [0.1, 0.15) is 40.2 Å². The number of anilines is 1. The van der Waals surface area contributed by atoms with Gasteiger partial charge in [-0.1, -0.05) is 37.6 Å². The smallest absolute Gasteiger partial charge is 0.414 e. The lowest BCUT2D eigenvalue weighted by atomic mass is 9.88. The molecule has 0 atom stereocenters. The molecule has 0 saturated carbocycles. The van der Waals surface area contributed by atoms with E-state index >= 15 is 0 Å². The van der Waals surface area contributed by atoms with Crippen molar-refractivity contribution < 1.29 is 14.3 Å². The number of para-hydroxylation sites is 1. The number of fused-ring (bicyclic) bond motifs is 1. The van der Waals surface area contributed by atoms with Gasteiger partial charge in [0.25, 0.3) is 0 Å². The molecule has 0 saturated heterocycles. The Kier molecular flexibility index (Phi) is 4.61. The molecule has 0 bridgehead atoms. The molecule has 6 heteroatoms. The number of nitrogens with zero attached hydrogens (tertiary/aromatic N) is 2. The largest absolute Gasteiger partial charge is 0.443 e. The minimum absolute atomic E-state index is 0.220. The van der Waals surface area contributed by atoms with Crippen LogP contribution < -0.4 is 9.64 Å². The number of hydrogen-bond acceptors (Lipinski definition) is 4. The van der Waals surface area contributed by atoms with E-state index in [2.05, 4.69) is 18.8 Å². The Morgan fingerprint density at radius 2 is 1.96 bits per heavy atom. The van der Waals surface area contributed by atoms with E-state index in [0.29, 0.717) is 23.2 Å². The number of carbonyl (C=O) groups excluding carboxylic acids is 1. The molecule has 3 rings (SSSR count). The van der Waals surface area contributed by atoms with E-state index in [4.69, 9.17) is 21.1 Å². The molecule has 2 heterocycles. The van der Waals surface area contributed by atoms with Gasteiger partial charge in [-0.05, 0) is 32.9 Å². The third-order valence-electron chi connectivity index (χ3n) is 4.10. The van der Waals surface area contributed by atoms with Gasteiger partial charge in [-0.3, -0.25) is 4.90 Å². The van der Waals surface area contributed by atoms with Crippen LogP contribution in [0.2, 0.25) is 5.02 Å². The SMILES string of the molecule is CC(C)(C)OC(=O)N1CC(C)(C)c2cnc(Oc3ccccc3Cl)cc21. The van der Waals surface area contributed by atoms with Crippen LogP contribution in [0.15, 0.2) is 36.5 Å². The number of hydrogen-bond donors (Lipinski definition) is 0. The van der Waals surface area contributed by atoms with Gasteiger partial charge in [-0.15, -0.1) is 0 Å². The van der Waals surface area contributed by atoms with E-state index in [1.807, 2.05) is 32.9 Å². The fourth-order valence-electron chi connectivity index (χ4n) is 2.91. The molecular formula is C20H23ClN2O3. The van der Waals surface area contributed by atoms with E-state index in [1.54, 1.807) is 29.3 Å². The zero-order chi connectivity index (χ0) is 19.1. The monoisotopic (exact) mass is 374 g/mol. The summed E-state index contributed by atoms with van der Waals surface area (Å²) < 4.78 is 11.4. The Morgan fingerprint density at radius 1 is 1.27 bits per heavy atom. The highest BCUT2D eigenvalue weighted by Crippen LogP contribution is 2.42. The molecular weight excluding hydrogens is 352 g/mol. The molecule has 0 N–H and O–H groups in total. The van der Waals surface area contributed by atoms with Crippen molar-refractivity contribution in [1.82, 2.24) is 4.98 Å². The van der Waals surface area contributed by atoms with Crippen LogP contribution in [0.3, 0.4) is 0 Å². The lowest BCUT2D eigenvalue weighted by molar-refractivity contribution is 0.0579. The molecule has 0 unspecified atom stereocenters. The van der Waals surface area contributed by atoms with Gasteiger partial charge in [0.15, 0.2) is 0 Å².